The molecule has 3 aromatic rings. The lowest BCUT2D eigenvalue weighted by Crippen LogP contribution is -2.23. The zero-order valence-corrected chi connectivity index (χ0v) is 13.8. The minimum Gasteiger partial charge on any atom is -0.475 e. The number of aryl methyl sites for hydroxylation is 1. The van der Waals surface area contributed by atoms with E-state index in [-0.39, 0.29) is 12.0 Å². The van der Waals surface area contributed by atoms with Crippen LogP contribution in [0.15, 0.2) is 30.6 Å². The van der Waals surface area contributed by atoms with E-state index >= 15 is 0 Å². The van der Waals surface area contributed by atoms with Gasteiger partial charge in [-0.15, -0.1) is 0 Å². The average molecular weight is 325 g/mol. The molecule has 7 nitrogen and oxygen atoms in total. The normalized spacial score (nSPS) is 11.0. The van der Waals surface area contributed by atoms with E-state index in [4.69, 9.17) is 4.74 Å². The number of fused-ring (bicyclic) bond motifs is 1. The van der Waals surface area contributed by atoms with Crippen molar-refractivity contribution in [3.8, 4) is 5.88 Å². The zero-order chi connectivity index (χ0) is 17.1. The number of carbonyl (C=O) groups excluding carboxylic acids is 1. The molecule has 0 saturated heterocycles. The molecule has 0 saturated carbocycles. The topological polar surface area (TPSA) is 92.8 Å². The zero-order valence-electron chi connectivity index (χ0n) is 13.8. The molecule has 0 spiro atoms. The van der Waals surface area contributed by atoms with Crippen molar-refractivity contribution in [2.24, 2.45) is 0 Å². The molecule has 0 unspecified atom stereocenters. The van der Waals surface area contributed by atoms with Gasteiger partial charge >= 0.3 is 0 Å². The molecule has 1 amide bonds. The van der Waals surface area contributed by atoms with Crippen LogP contribution in [-0.2, 0) is 6.54 Å². The van der Waals surface area contributed by atoms with Crippen LogP contribution < -0.4 is 10.1 Å². The van der Waals surface area contributed by atoms with Gasteiger partial charge in [0.2, 0.25) is 5.88 Å². The van der Waals surface area contributed by atoms with Gasteiger partial charge < -0.3 is 10.1 Å². The Hall–Kier alpha value is -2.96. The fourth-order valence-electron chi connectivity index (χ4n) is 2.25. The van der Waals surface area contributed by atoms with Crippen LogP contribution in [0.3, 0.4) is 0 Å². The van der Waals surface area contributed by atoms with Gasteiger partial charge in [0, 0.05) is 36.1 Å². The summed E-state index contributed by atoms with van der Waals surface area (Å²) in [5.41, 5.74) is 2.89. The van der Waals surface area contributed by atoms with E-state index < -0.39 is 0 Å². The number of pyridine rings is 2. The van der Waals surface area contributed by atoms with Crippen LogP contribution in [0.25, 0.3) is 11.0 Å². The highest BCUT2D eigenvalue weighted by Gasteiger charge is 2.10. The van der Waals surface area contributed by atoms with Crippen molar-refractivity contribution in [2.75, 3.05) is 0 Å². The Bertz CT molecular complexity index is 855. The first kappa shape index (κ1) is 15.9. The van der Waals surface area contributed by atoms with E-state index in [9.17, 15) is 4.79 Å². The van der Waals surface area contributed by atoms with Crippen LogP contribution in [0.4, 0.5) is 0 Å². The summed E-state index contributed by atoms with van der Waals surface area (Å²) in [6.45, 7) is 6.17. The van der Waals surface area contributed by atoms with E-state index in [2.05, 4.69) is 25.5 Å². The maximum atomic E-state index is 12.3. The first-order valence-corrected chi connectivity index (χ1v) is 7.73. The highest BCUT2D eigenvalue weighted by molar-refractivity contribution is 5.97. The van der Waals surface area contributed by atoms with E-state index in [1.165, 1.54) is 6.20 Å². The molecule has 3 heterocycles. The number of nitrogens with zero attached hydrogens (tertiary/aromatic N) is 3. The number of rotatable bonds is 5. The molecular formula is C17H19N5O2. The van der Waals surface area contributed by atoms with Crippen molar-refractivity contribution < 1.29 is 9.53 Å². The summed E-state index contributed by atoms with van der Waals surface area (Å²) in [6, 6.07) is 5.46. The number of ether oxygens (including phenoxy) is 1. The smallest absolute Gasteiger partial charge is 0.253 e. The third-order valence-electron chi connectivity index (χ3n) is 3.47. The molecule has 0 fully saturated rings. The van der Waals surface area contributed by atoms with Gasteiger partial charge in [0.1, 0.15) is 0 Å². The number of amides is 1. The molecular weight excluding hydrogens is 306 g/mol. The van der Waals surface area contributed by atoms with Crippen LogP contribution in [0.2, 0.25) is 0 Å². The molecule has 0 radical (unpaired) electrons. The molecule has 0 aromatic carbocycles. The highest BCUT2D eigenvalue weighted by atomic mass is 16.5. The van der Waals surface area contributed by atoms with Crippen LogP contribution in [-0.4, -0.2) is 32.2 Å². The van der Waals surface area contributed by atoms with E-state index in [0.29, 0.717) is 23.6 Å². The lowest BCUT2D eigenvalue weighted by atomic mass is 10.2. The molecule has 3 rings (SSSR count). The van der Waals surface area contributed by atoms with Crippen LogP contribution in [0.5, 0.6) is 5.88 Å². The molecule has 2 N–H and O–H groups in total. The van der Waals surface area contributed by atoms with Gasteiger partial charge in [-0.3, -0.25) is 9.89 Å². The van der Waals surface area contributed by atoms with Gasteiger partial charge in [0.15, 0.2) is 5.65 Å². The number of nitrogens with one attached hydrogen (secondary N) is 2. The van der Waals surface area contributed by atoms with Crippen LogP contribution in [0.1, 0.15) is 35.5 Å². The minimum absolute atomic E-state index is 0.0804. The quantitative estimate of drug-likeness (QED) is 0.751. The molecule has 0 bridgehead atoms. The summed E-state index contributed by atoms with van der Waals surface area (Å²) in [4.78, 5) is 20.7. The molecule has 7 heteroatoms. The second-order valence-electron chi connectivity index (χ2n) is 5.80. The fourth-order valence-corrected chi connectivity index (χ4v) is 2.25. The predicted octanol–water partition coefficient (Wildman–Crippen LogP) is 2.38. The maximum Gasteiger partial charge on any atom is 0.253 e. The number of aromatic nitrogens is 4. The van der Waals surface area contributed by atoms with E-state index in [0.717, 1.165) is 16.6 Å². The van der Waals surface area contributed by atoms with Gasteiger partial charge in [-0.1, -0.05) is 6.07 Å². The second kappa shape index (κ2) is 6.66. The molecule has 0 aliphatic carbocycles. The SMILES string of the molecule is Cc1[nH]nc2ncc(C(=O)NCc3ccc(OC(C)C)nc3)cc12. The predicted molar refractivity (Wildman–Crippen MR) is 89.8 cm³/mol. The standard InChI is InChI=1S/C17H19N5O2/c1-10(2)24-15-5-4-12(7-18-15)8-20-17(23)13-6-14-11(3)21-22-16(14)19-9-13/h4-7,9-10H,8H2,1-3H3,(H,20,23)(H,19,21,22). The summed E-state index contributed by atoms with van der Waals surface area (Å²) in [5, 5.41) is 10.6. The van der Waals surface area contributed by atoms with Crippen LogP contribution in [0, 0.1) is 6.92 Å². The number of hydrogen-bond donors (Lipinski definition) is 2. The lowest BCUT2D eigenvalue weighted by Gasteiger charge is -2.09. The summed E-state index contributed by atoms with van der Waals surface area (Å²) >= 11 is 0. The third-order valence-corrected chi connectivity index (χ3v) is 3.47. The Kier molecular flexibility index (Phi) is 4.41. The second-order valence-corrected chi connectivity index (χ2v) is 5.80. The van der Waals surface area contributed by atoms with Gasteiger partial charge in [-0.25, -0.2) is 9.97 Å². The van der Waals surface area contributed by atoms with E-state index in [1.807, 2.05) is 26.8 Å². The highest BCUT2D eigenvalue weighted by Crippen LogP contribution is 2.14. The third kappa shape index (κ3) is 3.51. The molecule has 3 aromatic heterocycles. The minimum atomic E-state index is -0.187. The Labute approximate surface area is 139 Å². The largest absolute Gasteiger partial charge is 0.475 e. The van der Waals surface area contributed by atoms with Crippen molar-refractivity contribution in [2.45, 2.75) is 33.4 Å². The van der Waals surface area contributed by atoms with Gasteiger partial charge in [0.25, 0.3) is 5.91 Å². The van der Waals surface area contributed by atoms with E-state index in [1.54, 1.807) is 18.3 Å². The summed E-state index contributed by atoms with van der Waals surface area (Å²) in [7, 11) is 0. The van der Waals surface area contributed by atoms with Crippen molar-refractivity contribution in [1.82, 2.24) is 25.5 Å². The Morgan fingerprint density at radius 2 is 2.12 bits per heavy atom. The summed E-state index contributed by atoms with van der Waals surface area (Å²) in [6.07, 6.45) is 3.30. The van der Waals surface area contributed by atoms with Crippen molar-refractivity contribution in [3.05, 3.63) is 47.4 Å². The molecule has 124 valence electrons. The number of hydrogen-bond acceptors (Lipinski definition) is 5. The Morgan fingerprint density at radius 3 is 2.83 bits per heavy atom. The van der Waals surface area contributed by atoms with Gasteiger partial charge in [-0.2, -0.15) is 5.10 Å². The Balaban J connectivity index is 1.64. The number of aromatic amines is 1. The molecule has 0 atom stereocenters. The number of H-pyrrole nitrogens is 1. The first-order chi connectivity index (χ1) is 11.5. The van der Waals surface area contributed by atoms with Gasteiger partial charge in [0.05, 0.1) is 11.7 Å². The maximum absolute atomic E-state index is 12.3. The average Bonchev–Trinajstić information content (AvgIpc) is 2.94. The number of carbonyl (C=O) groups is 1. The Morgan fingerprint density at radius 1 is 1.29 bits per heavy atom. The molecule has 0 aliphatic heterocycles. The lowest BCUT2D eigenvalue weighted by molar-refractivity contribution is 0.0950. The molecule has 0 aliphatic rings. The first-order valence-electron chi connectivity index (χ1n) is 7.73. The summed E-state index contributed by atoms with van der Waals surface area (Å²) < 4.78 is 5.49. The molecule has 24 heavy (non-hydrogen) atoms. The van der Waals surface area contributed by atoms with Crippen LogP contribution >= 0.6 is 0 Å². The fraction of sp³-hybridized carbons (Fsp3) is 0.294. The monoisotopic (exact) mass is 325 g/mol. The summed E-state index contributed by atoms with van der Waals surface area (Å²) in [5.74, 6) is 0.387. The van der Waals surface area contributed by atoms with Gasteiger partial charge in [-0.05, 0) is 32.4 Å². The van der Waals surface area contributed by atoms with Crippen molar-refractivity contribution >= 4 is 16.9 Å². The van der Waals surface area contributed by atoms with Crippen molar-refractivity contribution in [1.29, 1.82) is 0 Å². The van der Waals surface area contributed by atoms with Crippen molar-refractivity contribution in [3.63, 3.8) is 0 Å².